The largest absolute Gasteiger partial charge is 0.462 e. The van der Waals surface area contributed by atoms with Crippen molar-refractivity contribution in [3.8, 4) is 0 Å². The fraction of sp³-hybridized carbons (Fsp3) is 0.368. The highest BCUT2D eigenvalue weighted by atomic mass is 16.5. The van der Waals surface area contributed by atoms with E-state index in [2.05, 4.69) is 24.1 Å². The second-order valence-corrected chi connectivity index (χ2v) is 6.04. The number of para-hydroxylation sites is 1. The third-order valence-electron chi connectivity index (χ3n) is 3.98. The molecule has 1 aromatic carbocycles. The van der Waals surface area contributed by atoms with E-state index in [9.17, 15) is 9.59 Å². The van der Waals surface area contributed by atoms with E-state index in [0.717, 1.165) is 11.3 Å². The van der Waals surface area contributed by atoms with Crippen LogP contribution < -0.4 is 5.32 Å². The topological polar surface area (TPSA) is 71.2 Å². The average Bonchev–Trinajstić information content (AvgIpc) is 2.82. The Bertz CT molecular complexity index is 760. The summed E-state index contributed by atoms with van der Waals surface area (Å²) >= 11 is 0. The highest BCUT2D eigenvalue weighted by Gasteiger charge is 2.23. The van der Waals surface area contributed by atoms with E-state index in [4.69, 9.17) is 4.74 Å². The van der Waals surface area contributed by atoms with Crippen molar-refractivity contribution in [3.63, 3.8) is 0 Å². The summed E-state index contributed by atoms with van der Waals surface area (Å²) in [5.41, 5.74) is 3.89. The van der Waals surface area contributed by atoms with Crippen LogP contribution in [0.4, 0.5) is 5.69 Å². The molecular weight excluding hydrogens is 304 g/mol. The van der Waals surface area contributed by atoms with Gasteiger partial charge in [0.25, 0.3) is 5.91 Å². The van der Waals surface area contributed by atoms with E-state index in [1.165, 1.54) is 0 Å². The zero-order chi connectivity index (χ0) is 17.9. The number of benzene rings is 1. The maximum atomic E-state index is 12.7. The Kier molecular flexibility index (Phi) is 5.44. The molecular formula is C19H24N2O3. The molecule has 0 spiro atoms. The molecule has 2 aromatic rings. The summed E-state index contributed by atoms with van der Waals surface area (Å²) < 4.78 is 5.06. The van der Waals surface area contributed by atoms with Crippen LogP contribution in [-0.4, -0.2) is 23.5 Å². The first-order valence-corrected chi connectivity index (χ1v) is 8.13. The molecule has 0 fully saturated rings. The van der Waals surface area contributed by atoms with E-state index in [-0.39, 0.29) is 5.91 Å². The molecule has 5 heteroatoms. The van der Waals surface area contributed by atoms with Gasteiger partial charge in [-0.25, -0.2) is 4.79 Å². The fourth-order valence-electron chi connectivity index (χ4n) is 2.79. The van der Waals surface area contributed by atoms with Gasteiger partial charge in [-0.2, -0.15) is 0 Å². The van der Waals surface area contributed by atoms with Crippen molar-refractivity contribution in [2.24, 2.45) is 0 Å². The van der Waals surface area contributed by atoms with Crippen LogP contribution in [-0.2, 0) is 4.74 Å². The number of H-pyrrole nitrogens is 1. The Morgan fingerprint density at radius 2 is 1.88 bits per heavy atom. The van der Waals surface area contributed by atoms with Crippen molar-refractivity contribution in [2.75, 3.05) is 11.9 Å². The Labute approximate surface area is 142 Å². The summed E-state index contributed by atoms with van der Waals surface area (Å²) in [6, 6.07) is 7.72. The van der Waals surface area contributed by atoms with Crippen molar-refractivity contribution in [1.29, 1.82) is 0 Å². The van der Waals surface area contributed by atoms with Gasteiger partial charge in [0.15, 0.2) is 0 Å². The lowest BCUT2D eigenvalue weighted by atomic mass is 10.0. The Morgan fingerprint density at radius 1 is 1.21 bits per heavy atom. The lowest BCUT2D eigenvalue weighted by Crippen LogP contribution is -2.15. The van der Waals surface area contributed by atoms with E-state index in [1.54, 1.807) is 20.8 Å². The van der Waals surface area contributed by atoms with Crippen molar-refractivity contribution in [2.45, 2.75) is 40.5 Å². The number of esters is 1. The fourth-order valence-corrected chi connectivity index (χ4v) is 2.79. The van der Waals surface area contributed by atoms with E-state index < -0.39 is 5.97 Å². The predicted molar refractivity (Wildman–Crippen MR) is 94.7 cm³/mol. The lowest BCUT2D eigenvalue weighted by Gasteiger charge is -2.13. The van der Waals surface area contributed by atoms with E-state index >= 15 is 0 Å². The average molecular weight is 328 g/mol. The first kappa shape index (κ1) is 17.8. The molecule has 1 amide bonds. The molecule has 1 heterocycles. The molecule has 0 aliphatic rings. The smallest absolute Gasteiger partial charge is 0.340 e. The van der Waals surface area contributed by atoms with Gasteiger partial charge in [0.1, 0.15) is 5.69 Å². The van der Waals surface area contributed by atoms with Crippen molar-refractivity contribution in [1.82, 2.24) is 4.98 Å². The van der Waals surface area contributed by atoms with Gasteiger partial charge in [-0.1, -0.05) is 32.0 Å². The SMILES string of the molecule is CCOC(=O)c1c(C)[nH]c(C(=O)Nc2ccccc2C(C)C)c1C. The molecule has 5 nitrogen and oxygen atoms in total. The molecule has 0 saturated heterocycles. The van der Waals surface area contributed by atoms with Crippen LogP contribution in [0.3, 0.4) is 0 Å². The maximum Gasteiger partial charge on any atom is 0.340 e. The number of aromatic nitrogens is 1. The zero-order valence-electron chi connectivity index (χ0n) is 14.8. The molecule has 0 radical (unpaired) electrons. The summed E-state index contributed by atoms with van der Waals surface area (Å²) in [6.45, 7) is 9.72. The minimum atomic E-state index is -0.412. The highest BCUT2D eigenvalue weighted by molar-refractivity contribution is 6.07. The van der Waals surface area contributed by atoms with Crippen LogP contribution in [0, 0.1) is 13.8 Å². The van der Waals surface area contributed by atoms with Crippen LogP contribution in [0.1, 0.15) is 64.4 Å². The van der Waals surface area contributed by atoms with Crippen molar-refractivity contribution < 1.29 is 14.3 Å². The maximum absolute atomic E-state index is 12.7. The second kappa shape index (κ2) is 7.34. The molecule has 0 unspecified atom stereocenters. The molecule has 1 aromatic heterocycles. The van der Waals surface area contributed by atoms with Gasteiger partial charge in [-0.3, -0.25) is 4.79 Å². The first-order valence-electron chi connectivity index (χ1n) is 8.13. The van der Waals surface area contributed by atoms with Crippen LogP contribution in [0.15, 0.2) is 24.3 Å². The van der Waals surface area contributed by atoms with Crippen LogP contribution in [0.25, 0.3) is 0 Å². The zero-order valence-corrected chi connectivity index (χ0v) is 14.8. The molecule has 24 heavy (non-hydrogen) atoms. The molecule has 0 saturated carbocycles. The summed E-state index contributed by atoms with van der Waals surface area (Å²) in [7, 11) is 0. The summed E-state index contributed by atoms with van der Waals surface area (Å²) in [5, 5.41) is 2.94. The van der Waals surface area contributed by atoms with Gasteiger partial charge in [-0.05, 0) is 43.9 Å². The van der Waals surface area contributed by atoms with E-state index in [0.29, 0.717) is 35.0 Å². The quantitative estimate of drug-likeness (QED) is 0.809. The Hall–Kier alpha value is -2.56. The van der Waals surface area contributed by atoms with Gasteiger partial charge in [0.2, 0.25) is 0 Å². The third-order valence-corrected chi connectivity index (χ3v) is 3.98. The predicted octanol–water partition coefficient (Wildman–Crippen LogP) is 4.18. The summed E-state index contributed by atoms with van der Waals surface area (Å²) in [4.78, 5) is 27.7. The van der Waals surface area contributed by atoms with Gasteiger partial charge >= 0.3 is 5.97 Å². The van der Waals surface area contributed by atoms with Crippen LogP contribution >= 0.6 is 0 Å². The number of hydrogen-bond acceptors (Lipinski definition) is 3. The Morgan fingerprint density at radius 3 is 2.50 bits per heavy atom. The summed E-state index contributed by atoms with van der Waals surface area (Å²) in [6.07, 6.45) is 0. The monoisotopic (exact) mass is 328 g/mol. The highest BCUT2D eigenvalue weighted by Crippen LogP contribution is 2.25. The number of anilines is 1. The van der Waals surface area contributed by atoms with Gasteiger partial charge in [0.05, 0.1) is 12.2 Å². The number of rotatable bonds is 5. The number of carbonyl (C=O) groups excluding carboxylic acids is 2. The van der Waals surface area contributed by atoms with Gasteiger partial charge in [0, 0.05) is 11.4 Å². The molecule has 0 aliphatic carbocycles. The molecule has 0 bridgehead atoms. The van der Waals surface area contributed by atoms with Crippen LogP contribution in [0.2, 0.25) is 0 Å². The molecule has 0 atom stereocenters. The number of hydrogen-bond donors (Lipinski definition) is 2. The number of amides is 1. The second-order valence-electron chi connectivity index (χ2n) is 6.04. The van der Waals surface area contributed by atoms with Gasteiger partial charge in [-0.15, -0.1) is 0 Å². The number of aromatic amines is 1. The van der Waals surface area contributed by atoms with E-state index in [1.807, 2.05) is 24.3 Å². The minimum absolute atomic E-state index is 0.265. The molecule has 0 aliphatic heterocycles. The normalized spacial score (nSPS) is 10.8. The molecule has 128 valence electrons. The minimum Gasteiger partial charge on any atom is -0.462 e. The first-order chi connectivity index (χ1) is 11.4. The number of carbonyl (C=O) groups is 2. The standard InChI is InChI=1S/C19H24N2O3/c1-6-24-19(23)16-12(4)17(20-13(16)5)18(22)21-15-10-8-7-9-14(15)11(2)3/h7-11,20H,6H2,1-5H3,(H,21,22). The number of ether oxygens (including phenoxy) is 1. The van der Waals surface area contributed by atoms with Gasteiger partial charge < -0.3 is 15.0 Å². The number of aryl methyl sites for hydroxylation is 1. The van der Waals surface area contributed by atoms with Crippen molar-refractivity contribution in [3.05, 3.63) is 52.3 Å². The Balaban J connectivity index is 2.32. The van der Waals surface area contributed by atoms with Crippen LogP contribution in [0.5, 0.6) is 0 Å². The summed E-state index contributed by atoms with van der Waals surface area (Å²) in [5.74, 6) is -0.382. The van der Waals surface area contributed by atoms with Crippen molar-refractivity contribution >= 4 is 17.6 Å². The number of nitrogens with one attached hydrogen (secondary N) is 2. The third kappa shape index (κ3) is 3.50. The lowest BCUT2D eigenvalue weighted by molar-refractivity contribution is 0.0525. The molecule has 2 rings (SSSR count). The molecule has 2 N–H and O–H groups in total.